The van der Waals surface area contributed by atoms with Crippen molar-refractivity contribution in [2.24, 2.45) is 11.8 Å². The van der Waals surface area contributed by atoms with E-state index in [1.807, 2.05) is 20.0 Å². The number of imidazole rings is 1. The van der Waals surface area contributed by atoms with Crippen LogP contribution in [0, 0.1) is 11.8 Å². The summed E-state index contributed by atoms with van der Waals surface area (Å²) in [6.45, 7) is 2.17. The lowest BCUT2D eigenvalue weighted by Gasteiger charge is -2.20. The van der Waals surface area contributed by atoms with Gasteiger partial charge in [0.2, 0.25) is 0 Å². The quantitative estimate of drug-likeness (QED) is 0.703. The highest BCUT2D eigenvalue weighted by Crippen LogP contribution is 2.56. The van der Waals surface area contributed by atoms with Crippen LogP contribution >= 0.6 is 0 Å². The second-order valence-electron chi connectivity index (χ2n) is 7.96. The standard InChI is InChI=1S/C19H23F4N5O/c1-9(2)18-26-13(10-3-14(29-19(22)23)17(24)25-4-10)7-28(18)16-11-5-27(6-12(11)16)8-15(20)21/h3-4,7,9,11-12,15-16,19H,5-6,8H2,1-2H3,(H2,24,25)/t11-,12+,16+. The molecule has 1 aliphatic carbocycles. The van der Waals surface area contributed by atoms with Crippen LogP contribution in [-0.2, 0) is 0 Å². The molecule has 0 unspecified atom stereocenters. The number of pyridine rings is 1. The van der Waals surface area contributed by atoms with Gasteiger partial charge in [0.15, 0.2) is 11.6 Å². The Morgan fingerprint density at radius 2 is 1.90 bits per heavy atom. The van der Waals surface area contributed by atoms with E-state index in [4.69, 9.17) is 10.7 Å². The van der Waals surface area contributed by atoms with Crippen molar-refractivity contribution in [2.45, 2.75) is 38.8 Å². The Bertz CT molecular complexity index is 875. The Hall–Kier alpha value is -2.36. The molecule has 3 heterocycles. The number of nitrogens with zero attached hydrogens (tertiary/aromatic N) is 4. The van der Waals surface area contributed by atoms with Crippen LogP contribution in [0.15, 0.2) is 18.5 Å². The summed E-state index contributed by atoms with van der Waals surface area (Å²) < 4.78 is 57.0. The van der Waals surface area contributed by atoms with Crippen molar-refractivity contribution in [3.8, 4) is 17.0 Å². The second kappa shape index (κ2) is 7.47. The number of ether oxygens (including phenoxy) is 1. The number of alkyl halides is 4. The molecule has 10 heteroatoms. The lowest BCUT2D eigenvalue weighted by molar-refractivity contribution is -0.0494. The molecule has 0 spiro atoms. The molecule has 29 heavy (non-hydrogen) atoms. The average molecular weight is 413 g/mol. The number of likely N-dealkylation sites (tertiary alicyclic amines) is 1. The highest BCUT2D eigenvalue weighted by atomic mass is 19.3. The number of halogens is 4. The fourth-order valence-electron chi connectivity index (χ4n) is 4.34. The fraction of sp³-hybridized carbons (Fsp3) is 0.579. The summed E-state index contributed by atoms with van der Waals surface area (Å²) >= 11 is 0. The van der Waals surface area contributed by atoms with Gasteiger partial charge >= 0.3 is 6.61 Å². The molecular formula is C19H23F4N5O. The molecule has 2 aromatic heterocycles. The van der Waals surface area contributed by atoms with Crippen LogP contribution in [0.3, 0.4) is 0 Å². The average Bonchev–Trinajstić information content (AvgIpc) is 2.97. The summed E-state index contributed by atoms with van der Waals surface area (Å²) in [5.74, 6) is 1.36. The second-order valence-corrected chi connectivity index (χ2v) is 7.96. The van der Waals surface area contributed by atoms with E-state index < -0.39 is 13.0 Å². The highest BCUT2D eigenvalue weighted by Gasteiger charge is 2.57. The van der Waals surface area contributed by atoms with Crippen molar-refractivity contribution in [1.82, 2.24) is 19.4 Å². The smallest absolute Gasteiger partial charge is 0.387 e. The van der Waals surface area contributed by atoms with Crippen LogP contribution < -0.4 is 10.5 Å². The van der Waals surface area contributed by atoms with E-state index >= 15 is 0 Å². The molecule has 3 atom stereocenters. The zero-order valence-corrected chi connectivity index (χ0v) is 16.1. The first-order valence-corrected chi connectivity index (χ1v) is 9.54. The predicted octanol–water partition coefficient (Wildman–Crippen LogP) is 3.62. The normalized spacial score (nSPS) is 24.0. The molecule has 2 N–H and O–H groups in total. The minimum absolute atomic E-state index is 0.117. The van der Waals surface area contributed by atoms with Gasteiger partial charge in [0, 0.05) is 43.0 Å². The minimum Gasteiger partial charge on any atom is -0.431 e. The van der Waals surface area contributed by atoms with E-state index in [-0.39, 0.29) is 30.1 Å². The molecule has 2 fully saturated rings. The number of nitrogens with two attached hydrogens (primary N) is 1. The summed E-state index contributed by atoms with van der Waals surface area (Å²) in [4.78, 5) is 10.4. The van der Waals surface area contributed by atoms with E-state index in [1.165, 1.54) is 12.3 Å². The predicted molar refractivity (Wildman–Crippen MR) is 99.1 cm³/mol. The molecule has 2 aromatic rings. The van der Waals surface area contributed by atoms with Crippen LogP contribution in [-0.4, -0.2) is 52.1 Å². The number of anilines is 1. The van der Waals surface area contributed by atoms with Gasteiger partial charge in [-0.2, -0.15) is 8.78 Å². The van der Waals surface area contributed by atoms with Crippen molar-refractivity contribution in [1.29, 1.82) is 0 Å². The molecule has 0 aromatic carbocycles. The first-order valence-electron chi connectivity index (χ1n) is 9.54. The van der Waals surface area contributed by atoms with Gasteiger partial charge < -0.3 is 15.0 Å². The van der Waals surface area contributed by atoms with Gasteiger partial charge in [0.1, 0.15) is 5.82 Å². The van der Waals surface area contributed by atoms with Crippen LogP contribution in [0.5, 0.6) is 5.75 Å². The third-order valence-corrected chi connectivity index (χ3v) is 5.61. The molecule has 0 bridgehead atoms. The van der Waals surface area contributed by atoms with Gasteiger partial charge in [-0.15, -0.1) is 0 Å². The number of nitrogen functional groups attached to an aromatic ring is 1. The van der Waals surface area contributed by atoms with Gasteiger partial charge in [-0.3, -0.25) is 4.90 Å². The SMILES string of the molecule is CC(C)c1nc(-c2cnc(N)c(OC(F)F)c2)cn1[C@H]1[C@@H]2CN(CC(F)F)C[C@@H]21. The Morgan fingerprint density at radius 1 is 1.21 bits per heavy atom. The third-order valence-electron chi connectivity index (χ3n) is 5.61. The maximum absolute atomic E-state index is 12.6. The number of aromatic nitrogens is 3. The largest absolute Gasteiger partial charge is 0.431 e. The lowest BCUT2D eigenvalue weighted by Crippen LogP contribution is -2.30. The van der Waals surface area contributed by atoms with Crippen LogP contribution in [0.4, 0.5) is 23.4 Å². The number of hydrogen-bond acceptors (Lipinski definition) is 5. The van der Waals surface area contributed by atoms with Crippen molar-refractivity contribution in [3.63, 3.8) is 0 Å². The lowest BCUT2D eigenvalue weighted by atomic mass is 10.2. The molecule has 0 radical (unpaired) electrons. The number of rotatable bonds is 7. The molecule has 1 saturated heterocycles. The Labute approximate surface area is 165 Å². The number of fused-ring (bicyclic) bond motifs is 1. The van der Waals surface area contributed by atoms with E-state index in [0.29, 0.717) is 36.2 Å². The summed E-state index contributed by atoms with van der Waals surface area (Å²) in [5, 5.41) is 0. The first-order chi connectivity index (χ1) is 13.7. The molecule has 6 nitrogen and oxygen atoms in total. The number of hydrogen-bond donors (Lipinski definition) is 1. The Morgan fingerprint density at radius 3 is 2.48 bits per heavy atom. The van der Waals surface area contributed by atoms with Crippen LogP contribution in [0.1, 0.15) is 31.6 Å². The topological polar surface area (TPSA) is 69.2 Å². The maximum atomic E-state index is 12.6. The number of piperidine rings is 1. The van der Waals surface area contributed by atoms with Crippen molar-refractivity contribution in [3.05, 3.63) is 24.3 Å². The van der Waals surface area contributed by atoms with E-state index in [9.17, 15) is 17.6 Å². The molecule has 2 aliphatic rings. The molecule has 1 saturated carbocycles. The van der Waals surface area contributed by atoms with Crippen LogP contribution in [0.25, 0.3) is 11.3 Å². The molecule has 1 aliphatic heterocycles. The zero-order chi connectivity index (χ0) is 20.9. The van der Waals surface area contributed by atoms with E-state index in [0.717, 1.165) is 5.82 Å². The van der Waals surface area contributed by atoms with Gasteiger partial charge in [-0.25, -0.2) is 18.7 Å². The first kappa shape index (κ1) is 19.9. The van der Waals surface area contributed by atoms with Gasteiger partial charge in [-0.05, 0) is 17.9 Å². The van der Waals surface area contributed by atoms with E-state index in [2.05, 4.69) is 14.3 Å². The summed E-state index contributed by atoms with van der Waals surface area (Å²) in [6, 6.07) is 1.63. The van der Waals surface area contributed by atoms with Crippen molar-refractivity contribution >= 4 is 5.82 Å². The van der Waals surface area contributed by atoms with E-state index in [1.54, 1.807) is 4.90 Å². The minimum atomic E-state index is -3.00. The highest BCUT2D eigenvalue weighted by molar-refractivity contribution is 5.64. The third kappa shape index (κ3) is 3.90. The van der Waals surface area contributed by atoms with Gasteiger partial charge in [0.25, 0.3) is 6.43 Å². The van der Waals surface area contributed by atoms with Gasteiger partial charge in [-0.1, -0.05) is 13.8 Å². The molecule has 0 amide bonds. The maximum Gasteiger partial charge on any atom is 0.387 e. The Balaban J connectivity index is 1.58. The zero-order valence-electron chi connectivity index (χ0n) is 16.1. The Kier molecular flexibility index (Phi) is 5.14. The van der Waals surface area contributed by atoms with Crippen LogP contribution in [0.2, 0.25) is 0 Å². The summed E-state index contributed by atoms with van der Waals surface area (Å²) in [6.07, 6.45) is 1.04. The molecule has 158 valence electrons. The molecule has 4 rings (SSSR count). The fourth-order valence-corrected chi connectivity index (χ4v) is 4.34. The monoisotopic (exact) mass is 413 g/mol. The van der Waals surface area contributed by atoms with Crippen molar-refractivity contribution < 1.29 is 22.3 Å². The summed E-state index contributed by atoms with van der Waals surface area (Å²) in [5.41, 5.74) is 6.73. The summed E-state index contributed by atoms with van der Waals surface area (Å²) in [7, 11) is 0. The van der Waals surface area contributed by atoms with Crippen molar-refractivity contribution in [2.75, 3.05) is 25.4 Å². The molecular weight excluding hydrogens is 390 g/mol. The van der Waals surface area contributed by atoms with Gasteiger partial charge in [0.05, 0.1) is 12.2 Å².